The summed E-state index contributed by atoms with van der Waals surface area (Å²) in [6.07, 6.45) is 3.72. The number of benzene rings is 1. The highest BCUT2D eigenvalue weighted by Gasteiger charge is 2.24. The highest BCUT2D eigenvalue weighted by atomic mass is 35.5. The average molecular weight is 451 g/mol. The number of hydrogen-bond donors (Lipinski definition) is 2. The van der Waals surface area contributed by atoms with Gasteiger partial charge in [-0.3, -0.25) is 9.48 Å². The van der Waals surface area contributed by atoms with E-state index in [4.69, 9.17) is 17.3 Å². The number of fused-ring (bicyclic) bond motifs is 3. The van der Waals surface area contributed by atoms with E-state index in [0.29, 0.717) is 21.9 Å². The van der Waals surface area contributed by atoms with Crippen molar-refractivity contribution in [2.45, 2.75) is 38.5 Å². The molecule has 0 saturated carbocycles. The monoisotopic (exact) mass is 450 g/mol. The summed E-state index contributed by atoms with van der Waals surface area (Å²) in [7, 11) is 0. The van der Waals surface area contributed by atoms with Crippen LogP contribution in [0.25, 0.3) is 11.3 Å². The van der Waals surface area contributed by atoms with Gasteiger partial charge in [-0.1, -0.05) is 17.7 Å². The van der Waals surface area contributed by atoms with E-state index in [9.17, 15) is 13.6 Å². The lowest BCUT2D eigenvalue weighted by atomic mass is 10.0. The minimum Gasteiger partial charge on any atom is -0.347 e. The summed E-state index contributed by atoms with van der Waals surface area (Å²) in [4.78, 5) is 14.6. The maximum Gasteiger partial charge on any atom is 0.261 e. The molecule has 0 aliphatic carbocycles. The summed E-state index contributed by atoms with van der Waals surface area (Å²) in [5, 5.41) is 7.81. The van der Waals surface area contributed by atoms with Crippen LogP contribution in [0.1, 0.15) is 32.1 Å². The van der Waals surface area contributed by atoms with Crippen LogP contribution in [0.2, 0.25) is 5.02 Å². The molecule has 1 aliphatic heterocycles. The van der Waals surface area contributed by atoms with Crippen molar-refractivity contribution < 1.29 is 13.6 Å². The van der Waals surface area contributed by atoms with Crippen LogP contribution in [0, 0.1) is 5.82 Å². The van der Waals surface area contributed by atoms with Crippen LogP contribution in [-0.4, -0.2) is 28.3 Å². The number of nitrogens with two attached hydrogens (primary N) is 1. The van der Waals surface area contributed by atoms with Gasteiger partial charge in [0.1, 0.15) is 12.5 Å². The number of nitrogens with one attached hydrogen (secondary N) is 1. The summed E-state index contributed by atoms with van der Waals surface area (Å²) < 4.78 is 28.5. The van der Waals surface area contributed by atoms with Gasteiger partial charge in [-0.2, -0.15) is 5.10 Å². The van der Waals surface area contributed by atoms with Crippen LogP contribution < -0.4 is 11.1 Å². The molecule has 0 radical (unpaired) electrons. The van der Waals surface area contributed by atoms with Gasteiger partial charge in [0.25, 0.3) is 5.91 Å². The number of thiophene rings is 1. The van der Waals surface area contributed by atoms with Gasteiger partial charge in [0.15, 0.2) is 0 Å². The van der Waals surface area contributed by atoms with Crippen molar-refractivity contribution in [3.8, 4) is 11.3 Å². The third kappa shape index (κ3) is 4.12. The Kier molecular flexibility index (Phi) is 6.17. The molecule has 1 amide bonds. The zero-order chi connectivity index (χ0) is 21.3. The molecule has 30 heavy (non-hydrogen) atoms. The van der Waals surface area contributed by atoms with E-state index in [1.165, 1.54) is 29.5 Å². The third-order valence-corrected chi connectivity index (χ3v) is 6.72. The van der Waals surface area contributed by atoms with Gasteiger partial charge in [-0.15, -0.1) is 11.3 Å². The minimum absolute atomic E-state index is 0.179. The molecular formula is C21H21ClF2N4OS. The predicted octanol–water partition coefficient (Wildman–Crippen LogP) is 4.12. The smallest absolute Gasteiger partial charge is 0.261 e. The first-order valence-electron chi connectivity index (χ1n) is 9.68. The van der Waals surface area contributed by atoms with Crippen molar-refractivity contribution in [1.82, 2.24) is 15.1 Å². The highest BCUT2D eigenvalue weighted by Crippen LogP contribution is 2.38. The molecule has 1 aliphatic rings. The van der Waals surface area contributed by atoms with Crippen molar-refractivity contribution in [3.05, 3.63) is 62.2 Å². The molecule has 9 heteroatoms. The van der Waals surface area contributed by atoms with Crippen LogP contribution in [0.3, 0.4) is 0 Å². The Morgan fingerprint density at radius 2 is 2.20 bits per heavy atom. The van der Waals surface area contributed by atoms with Gasteiger partial charge < -0.3 is 11.1 Å². The summed E-state index contributed by atoms with van der Waals surface area (Å²) in [6, 6.07) is 5.44. The quantitative estimate of drug-likeness (QED) is 0.593. The lowest BCUT2D eigenvalue weighted by Gasteiger charge is -2.18. The second-order valence-electron chi connectivity index (χ2n) is 7.27. The van der Waals surface area contributed by atoms with Crippen LogP contribution in [-0.2, 0) is 26.1 Å². The average Bonchev–Trinajstić information content (AvgIpc) is 3.27. The van der Waals surface area contributed by atoms with E-state index in [2.05, 4.69) is 10.4 Å². The SMILES string of the molecule is NCC(Cc1ccc(F)cc1CF)NC(=O)c1cc2c(s1)CCCn1ncc(Cl)c1-2. The van der Waals surface area contributed by atoms with Gasteiger partial charge in [0, 0.05) is 29.6 Å². The molecule has 0 fully saturated rings. The first-order chi connectivity index (χ1) is 14.5. The van der Waals surface area contributed by atoms with Crippen LogP contribution in [0.15, 0.2) is 30.5 Å². The van der Waals surface area contributed by atoms with E-state index in [-0.39, 0.29) is 18.0 Å². The fraction of sp³-hybridized carbons (Fsp3) is 0.333. The van der Waals surface area contributed by atoms with E-state index in [1.807, 2.05) is 10.7 Å². The lowest BCUT2D eigenvalue weighted by molar-refractivity contribution is 0.0942. The highest BCUT2D eigenvalue weighted by molar-refractivity contribution is 7.14. The van der Waals surface area contributed by atoms with Crippen molar-refractivity contribution in [1.29, 1.82) is 0 Å². The van der Waals surface area contributed by atoms with E-state index in [1.54, 1.807) is 6.20 Å². The molecule has 0 saturated heterocycles. The fourth-order valence-corrected chi connectivity index (χ4v) is 5.10. The zero-order valence-electron chi connectivity index (χ0n) is 16.1. The maximum atomic E-state index is 13.4. The Hall–Kier alpha value is -2.29. The van der Waals surface area contributed by atoms with E-state index < -0.39 is 18.5 Å². The zero-order valence-corrected chi connectivity index (χ0v) is 17.7. The molecule has 3 heterocycles. The molecular weight excluding hydrogens is 430 g/mol. The Bertz CT molecular complexity index is 1080. The predicted molar refractivity (Wildman–Crippen MR) is 114 cm³/mol. The number of rotatable bonds is 6. The molecule has 1 aromatic carbocycles. The number of carbonyl (C=O) groups is 1. The van der Waals surface area contributed by atoms with Gasteiger partial charge in [0.2, 0.25) is 0 Å². The summed E-state index contributed by atoms with van der Waals surface area (Å²) in [5.41, 5.74) is 8.53. The first-order valence-corrected chi connectivity index (χ1v) is 10.9. The summed E-state index contributed by atoms with van der Waals surface area (Å²) in [6.45, 7) is 0.192. The van der Waals surface area contributed by atoms with Gasteiger partial charge in [-0.25, -0.2) is 8.78 Å². The topological polar surface area (TPSA) is 72.9 Å². The van der Waals surface area contributed by atoms with Crippen molar-refractivity contribution in [3.63, 3.8) is 0 Å². The number of carbonyl (C=O) groups excluding carboxylic acids is 1. The Balaban J connectivity index is 1.54. The molecule has 2 aromatic heterocycles. The lowest BCUT2D eigenvalue weighted by Crippen LogP contribution is -2.41. The Morgan fingerprint density at radius 3 is 2.97 bits per heavy atom. The van der Waals surface area contributed by atoms with Crippen molar-refractivity contribution in [2.75, 3.05) is 6.54 Å². The number of aryl methyl sites for hydroxylation is 2. The number of halogens is 3. The van der Waals surface area contributed by atoms with Crippen LogP contribution in [0.5, 0.6) is 0 Å². The van der Waals surface area contributed by atoms with Gasteiger partial charge in [-0.05, 0) is 48.6 Å². The largest absolute Gasteiger partial charge is 0.347 e. The standard InChI is InChI=1S/C21H21ClF2N4OS/c22-17-11-26-28-5-1-2-18-16(20(17)28)8-19(30-18)21(29)27-15(10-25)7-12-3-4-14(24)6-13(12)9-23/h3-4,6,8,11,15H,1-2,5,7,9-10,25H2,(H,27,29). The molecule has 1 unspecified atom stereocenters. The fourth-order valence-electron chi connectivity index (χ4n) is 3.75. The van der Waals surface area contributed by atoms with Crippen molar-refractivity contribution >= 4 is 28.8 Å². The van der Waals surface area contributed by atoms with Crippen LogP contribution >= 0.6 is 22.9 Å². The second kappa shape index (κ2) is 8.83. The Morgan fingerprint density at radius 1 is 1.37 bits per heavy atom. The molecule has 4 rings (SSSR count). The van der Waals surface area contributed by atoms with Gasteiger partial charge in [0.05, 0.1) is 21.8 Å². The maximum absolute atomic E-state index is 13.4. The molecule has 5 nitrogen and oxygen atoms in total. The molecule has 3 aromatic rings. The number of alkyl halides is 1. The van der Waals surface area contributed by atoms with Crippen LogP contribution in [0.4, 0.5) is 8.78 Å². The molecule has 3 N–H and O–H groups in total. The molecule has 1 atom stereocenters. The van der Waals surface area contributed by atoms with Gasteiger partial charge >= 0.3 is 0 Å². The van der Waals surface area contributed by atoms with Crippen molar-refractivity contribution in [2.24, 2.45) is 5.73 Å². The van der Waals surface area contributed by atoms with E-state index in [0.717, 1.165) is 35.5 Å². The third-order valence-electron chi connectivity index (χ3n) is 5.25. The molecule has 0 bridgehead atoms. The number of nitrogens with zero attached hydrogens (tertiary/aromatic N) is 2. The number of hydrogen-bond acceptors (Lipinski definition) is 4. The molecule has 0 spiro atoms. The second-order valence-corrected chi connectivity index (χ2v) is 8.82. The van der Waals surface area contributed by atoms with E-state index >= 15 is 0 Å². The normalized spacial score (nSPS) is 14.0. The number of aromatic nitrogens is 2. The summed E-state index contributed by atoms with van der Waals surface area (Å²) in [5.74, 6) is -0.729. The Labute approximate surface area is 181 Å². The summed E-state index contributed by atoms with van der Waals surface area (Å²) >= 11 is 7.77. The minimum atomic E-state index is -0.773. The molecule has 158 valence electrons. The first kappa shape index (κ1) is 21.0. The number of amides is 1.